The molecule has 26 heavy (non-hydrogen) atoms. The van der Waals surface area contributed by atoms with Crippen molar-refractivity contribution in [3.05, 3.63) is 82.0 Å². The summed E-state index contributed by atoms with van der Waals surface area (Å²) in [6.07, 6.45) is 3.44. The van der Waals surface area contributed by atoms with Crippen LogP contribution in [0.5, 0.6) is 0 Å². The van der Waals surface area contributed by atoms with Gasteiger partial charge in [-0.25, -0.2) is 4.99 Å². The van der Waals surface area contributed by atoms with Gasteiger partial charge in [0.1, 0.15) is 5.70 Å². The number of carbonyl (C=O) groups excluding carboxylic acids is 1. The van der Waals surface area contributed by atoms with Gasteiger partial charge in [-0.3, -0.25) is 9.69 Å². The highest BCUT2D eigenvalue weighted by atomic mass is 35.5. The second-order valence-corrected chi connectivity index (χ2v) is 7.42. The van der Waals surface area contributed by atoms with Crippen LogP contribution < -0.4 is 4.90 Å². The van der Waals surface area contributed by atoms with Gasteiger partial charge in [0.05, 0.1) is 15.7 Å². The molecule has 1 aliphatic heterocycles. The third-order valence-corrected chi connectivity index (χ3v) is 5.49. The number of thioether (sulfide) groups is 1. The predicted octanol–water partition coefficient (Wildman–Crippen LogP) is 5.96. The van der Waals surface area contributed by atoms with Crippen LogP contribution in [0.1, 0.15) is 11.1 Å². The summed E-state index contributed by atoms with van der Waals surface area (Å²) in [7, 11) is 0. The normalized spacial score (nSPS) is 15.5. The number of halogens is 2. The maximum atomic E-state index is 13.0. The second kappa shape index (κ2) is 8.12. The van der Waals surface area contributed by atoms with Crippen LogP contribution in [-0.4, -0.2) is 16.8 Å². The molecular formula is C20H16Cl2N2OS. The molecule has 1 aliphatic rings. The van der Waals surface area contributed by atoms with Gasteiger partial charge in [0.2, 0.25) is 0 Å². The van der Waals surface area contributed by atoms with Gasteiger partial charge in [-0.15, -0.1) is 6.58 Å². The number of anilines is 1. The van der Waals surface area contributed by atoms with Crippen LogP contribution in [-0.2, 0) is 4.79 Å². The van der Waals surface area contributed by atoms with E-state index in [1.165, 1.54) is 11.8 Å². The van der Waals surface area contributed by atoms with E-state index in [4.69, 9.17) is 23.2 Å². The fraction of sp³-hybridized carbons (Fsp3) is 0.100. The molecule has 0 N–H and O–H groups in total. The van der Waals surface area contributed by atoms with Gasteiger partial charge in [0, 0.05) is 5.75 Å². The van der Waals surface area contributed by atoms with E-state index in [9.17, 15) is 4.79 Å². The Balaban J connectivity index is 2.02. The molecule has 1 amide bonds. The number of amidine groups is 1. The fourth-order valence-corrected chi connectivity index (χ4v) is 3.54. The first-order chi connectivity index (χ1) is 12.5. The number of hydrogen-bond donors (Lipinski definition) is 0. The number of nitrogens with zero attached hydrogens (tertiary/aromatic N) is 2. The summed E-state index contributed by atoms with van der Waals surface area (Å²) in [6, 6.07) is 13.0. The third kappa shape index (κ3) is 3.88. The fourth-order valence-electron chi connectivity index (χ4n) is 2.43. The average molecular weight is 403 g/mol. The highest BCUT2D eigenvalue weighted by Gasteiger charge is 2.31. The van der Waals surface area contributed by atoms with E-state index in [0.29, 0.717) is 32.2 Å². The van der Waals surface area contributed by atoms with Crippen molar-refractivity contribution < 1.29 is 4.79 Å². The van der Waals surface area contributed by atoms with E-state index >= 15 is 0 Å². The molecule has 0 aromatic heterocycles. The van der Waals surface area contributed by atoms with Gasteiger partial charge in [-0.1, -0.05) is 70.9 Å². The molecule has 0 radical (unpaired) electrons. The average Bonchev–Trinajstić information content (AvgIpc) is 2.93. The van der Waals surface area contributed by atoms with Gasteiger partial charge in [-0.05, 0) is 36.8 Å². The molecule has 2 aromatic carbocycles. The zero-order valence-electron chi connectivity index (χ0n) is 14.1. The van der Waals surface area contributed by atoms with Crippen LogP contribution in [0, 0.1) is 6.92 Å². The van der Waals surface area contributed by atoms with E-state index in [-0.39, 0.29) is 5.91 Å². The van der Waals surface area contributed by atoms with Gasteiger partial charge in [0.25, 0.3) is 5.91 Å². The van der Waals surface area contributed by atoms with Crippen LogP contribution in [0.4, 0.5) is 5.69 Å². The van der Waals surface area contributed by atoms with Crippen LogP contribution in [0.25, 0.3) is 6.08 Å². The summed E-state index contributed by atoms with van der Waals surface area (Å²) in [5.74, 6) is 0.455. The summed E-state index contributed by atoms with van der Waals surface area (Å²) in [5, 5.41) is 1.45. The van der Waals surface area contributed by atoms with Crippen LogP contribution in [0.15, 0.2) is 65.8 Å². The highest BCUT2D eigenvalue weighted by Crippen LogP contribution is 2.32. The summed E-state index contributed by atoms with van der Waals surface area (Å²) in [6.45, 7) is 5.74. The molecule has 0 aliphatic carbocycles. The number of amides is 1. The summed E-state index contributed by atoms with van der Waals surface area (Å²) < 4.78 is 0. The summed E-state index contributed by atoms with van der Waals surface area (Å²) in [4.78, 5) is 19.1. The molecule has 3 nitrogen and oxygen atoms in total. The second-order valence-electron chi connectivity index (χ2n) is 5.64. The maximum Gasteiger partial charge on any atom is 0.283 e. The van der Waals surface area contributed by atoms with Crippen LogP contribution in [0.3, 0.4) is 0 Å². The lowest BCUT2D eigenvalue weighted by Gasteiger charge is -2.17. The monoisotopic (exact) mass is 402 g/mol. The molecule has 0 bridgehead atoms. The van der Waals surface area contributed by atoms with E-state index in [1.54, 1.807) is 35.3 Å². The Kier molecular flexibility index (Phi) is 5.87. The number of rotatable bonds is 4. The first-order valence-corrected chi connectivity index (χ1v) is 9.64. The van der Waals surface area contributed by atoms with E-state index < -0.39 is 0 Å². The van der Waals surface area contributed by atoms with Gasteiger partial charge in [-0.2, -0.15) is 0 Å². The third-order valence-electron chi connectivity index (χ3n) is 3.73. The molecule has 0 saturated heterocycles. The standard InChI is InChI=1S/C20H16Cl2N2OS/c1-3-11-26-20-23-17(12-14-5-4-6-16(21)18(14)22)19(25)24(20)15-9-7-13(2)8-10-15/h3-10,12H,1,11H2,2H3/b17-12+. The zero-order valence-corrected chi connectivity index (χ0v) is 16.4. The molecule has 132 valence electrons. The SMILES string of the molecule is C=CCSC1=N/C(=C/c2cccc(Cl)c2Cl)C(=O)N1c1ccc(C)cc1. The number of hydrogen-bond acceptors (Lipinski definition) is 3. The largest absolute Gasteiger partial charge is 0.283 e. The topological polar surface area (TPSA) is 32.7 Å². The predicted molar refractivity (Wildman–Crippen MR) is 113 cm³/mol. The van der Waals surface area contributed by atoms with Crippen molar-refractivity contribution >= 4 is 57.8 Å². The van der Waals surface area contributed by atoms with Crippen molar-refractivity contribution in [3.63, 3.8) is 0 Å². The van der Waals surface area contributed by atoms with Crippen molar-refractivity contribution in [1.82, 2.24) is 0 Å². The maximum absolute atomic E-state index is 13.0. The zero-order chi connectivity index (χ0) is 18.7. The Morgan fingerprint density at radius 3 is 2.62 bits per heavy atom. The number of benzene rings is 2. The molecule has 0 atom stereocenters. The van der Waals surface area contributed by atoms with E-state index in [2.05, 4.69) is 11.6 Å². The van der Waals surface area contributed by atoms with Crippen molar-refractivity contribution in [3.8, 4) is 0 Å². The van der Waals surface area contributed by atoms with E-state index in [0.717, 1.165) is 11.3 Å². The minimum absolute atomic E-state index is 0.198. The minimum Gasteiger partial charge on any atom is -0.266 e. The number of aryl methyl sites for hydroxylation is 1. The molecule has 3 rings (SSSR count). The lowest BCUT2D eigenvalue weighted by atomic mass is 10.2. The molecular weight excluding hydrogens is 387 g/mol. The lowest BCUT2D eigenvalue weighted by Crippen LogP contribution is -2.30. The smallest absolute Gasteiger partial charge is 0.266 e. The Hall–Kier alpha value is -2.01. The Bertz CT molecular complexity index is 920. The summed E-state index contributed by atoms with van der Waals surface area (Å²) in [5.41, 5.74) is 2.88. The molecule has 0 fully saturated rings. The van der Waals surface area contributed by atoms with Crippen molar-refractivity contribution in [2.75, 3.05) is 10.7 Å². The molecule has 0 unspecified atom stereocenters. The lowest BCUT2D eigenvalue weighted by molar-refractivity contribution is -0.113. The highest BCUT2D eigenvalue weighted by molar-refractivity contribution is 8.14. The first kappa shape index (κ1) is 18.8. The van der Waals surface area contributed by atoms with Gasteiger partial charge in [0.15, 0.2) is 5.17 Å². The van der Waals surface area contributed by atoms with Crippen LogP contribution in [0.2, 0.25) is 10.0 Å². The Labute approximate surface area is 167 Å². The Morgan fingerprint density at radius 1 is 1.19 bits per heavy atom. The van der Waals surface area contributed by atoms with Crippen LogP contribution >= 0.6 is 35.0 Å². The number of aliphatic imine (C=N–C) groups is 1. The molecule has 6 heteroatoms. The quantitative estimate of drug-likeness (QED) is 0.466. The van der Waals surface area contributed by atoms with Gasteiger partial charge < -0.3 is 0 Å². The Morgan fingerprint density at radius 2 is 1.92 bits per heavy atom. The van der Waals surface area contributed by atoms with Crippen molar-refractivity contribution in [2.45, 2.75) is 6.92 Å². The molecule has 1 heterocycles. The number of carbonyl (C=O) groups is 1. The first-order valence-electron chi connectivity index (χ1n) is 7.90. The summed E-state index contributed by atoms with van der Waals surface area (Å²) >= 11 is 13.8. The molecule has 2 aromatic rings. The molecule has 0 saturated carbocycles. The van der Waals surface area contributed by atoms with Crippen molar-refractivity contribution in [2.24, 2.45) is 4.99 Å². The van der Waals surface area contributed by atoms with Crippen molar-refractivity contribution in [1.29, 1.82) is 0 Å². The van der Waals surface area contributed by atoms with Gasteiger partial charge >= 0.3 is 0 Å². The van der Waals surface area contributed by atoms with E-state index in [1.807, 2.05) is 31.2 Å². The minimum atomic E-state index is -0.198. The molecule has 0 spiro atoms.